The highest BCUT2D eigenvalue weighted by molar-refractivity contribution is 5.90. The minimum atomic E-state index is -4.39. The van der Waals surface area contributed by atoms with Crippen molar-refractivity contribution >= 4 is 11.9 Å². The first-order chi connectivity index (χ1) is 17.4. The average Bonchev–Trinajstić information content (AvgIpc) is 3.20. The summed E-state index contributed by atoms with van der Waals surface area (Å²) >= 11 is 0. The number of rotatable bonds is 4. The van der Waals surface area contributed by atoms with Crippen LogP contribution in [0, 0.1) is 40.4 Å². The third kappa shape index (κ3) is 4.22. The molecule has 0 aliphatic heterocycles. The number of ether oxygens (including phenoxy) is 1. The Kier molecular flexibility index (Phi) is 6.35. The number of allylic oxidation sites excluding steroid dienone is 3. The number of aliphatic carboxylic acids is 1. The molecule has 2 saturated carbocycles. The van der Waals surface area contributed by atoms with Crippen molar-refractivity contribution in [3.05, 3.63) is 58.7 Å². The van der Waals surface area contributed by atoms with E-state index in [1.807, 2.05) is 6.08 Å². The summed E-state index contributed by atoms with van der Waals surface area (Å²) in [6, 6.07) is 5.21. The highest BCUT2D eigenvalue weighted by Crippen LogP contribution is 2.66. The van der Waals surface area contributed by atoms with Gasteiger partial charge in [-0.1, -0.05) is 32.1 Å². The lowest BCUT2D eigenvalue weighted by molar-refractivity contribution is -0.148. The van der Waals surface area contributed by atoms with Gasteiger partial charge in [0.2, 0.25) is 0 Å². The van der Waals surface area contributed by atoms with E-state index in [1.165, 1.54) is 19.2 Å². The van der Waals surface area contributed by atoms with Crippen LogP contribution in [0.15, 0.2) is 47.6 Å². The largest absolute Gasteiger partial charge is 0.481 e. The number of carbonyl (C=O) groups excluding carboxylic acids is 1. The molecule has 0 bridgehead atoms. The zero-order valence-corrected chi connectivity index (χ0v) is 21.6. The van der Waals surface area contributed by atoms with E-state index in [2.05, 4.69) is 19.9 Å². The first kappa shape index (κ1) is 26.1. The predicted octanol–water partition coefficient (Wildman–Crippen LogP) is 6.85. The summed E-state index contributed by atoms with van der Waals surface area (Å²) in [6.45, 7) is 4.44. The molecular weight excluding hydrogens is 481 g/mol. The van der Waals surface area contributed by atoms with Crippen LogP contribution in [-0.4, -0.2) is 24.2 Å². The van der Waals surface area contributed by atoms with Crippen LogP contribution in [0.5, 0.6) is 0 Å². The monoisotopic (exact) mass is 516 g/mol. The summed E-state index contributed by atoms with van der Waals surface area (Å²) in [5, 5.41) is 9.87. The predicted molar refractivity (Wildman–Crippen MR) is 132 cm³/mol. The maximum atomic E-state index is 13.1. The lowest BCUT2D eigenvalue weighted by Crippen LogP contribution is -2.51. The molecular formula is C30H35F3O4. The van der Waals surface area contributed by atoms with Crippen LogP contribution in [0.3, 0.4) is 0 Å². The van der Waals surface area contributed by atoms with Crippen LogP contribution in [0.25, 0.3) is 0 Å². The molecule has 5 rings (SSSR count). The summed E-state index contributed by atoms with van der Waals surface area (Å²) in [4.78, 5) is 24.8. The van der Waals surface area contributed by atoms with Crippen molar-refractivity contribution < 1.29 is 32.6 Å². The van der Waals surface area contributed by atoms with E-state index in [4.69, 9.17) is 4.74 Å². The molecule has 0 radical (unpaired) electrons. The Bertz CT molecular complexity index is 1150. The van der Waals surface area contributed by atoms with Crippen molar-refractivity contribution in [2.75, 3.05) is 7.11 Å². The molecule has 1 N–H and O–H groups in total. The number of halogens is 3. The highest BCUT2D eigenvalue weighted by Gasteiger charge is 2.60. The zero-order chi connectivity index (χ0) is 26.8. The van der Waals surface area contributed by atoms with Crippen molar-refractivity contribution in [2.45, 2.75) is 65.0 Å². The van der Waals surface area contributed by atoms with Crippen LogP contribution < -0.4 is 0 Å². The van der Waals surface area contributed by atoms with Gasteiger partial charge in [-0.05, 0) is 109 Å². The van der Waals surface area contributed by atoms with Gasteiger partial charge in [0.1, 0.15) is 0 Å². The van der Waals surface area contributed by atoms with Crippen LogP contribution in [0.4, 0.5) is 13.2 Å². The number of alkyl halides is 3. The van der Waals surface area contributed by atoms with E-state index >= 15 is 0 Å². The number of carboxylic acid groups (broad SMARTS) is 1. The number of hydrogen-bond acceptors (Lipinski definition) is 3. The Morgan fingerprint density at radius 1 is 1.08 bits per heavy atom. The quantitative estimate of drug-likeness (QED) is 0.445. The molecule has 4 aliphatic carbocycles. The molecule has 7 heteroatoms. The second-order valence-corrected chi connectivity index (χ2v) is 12.1. The summed E-state index contributed by atoms with van der Waals surface area (Å²) in [6.07, 6.45) is 5.40. The van der Waals surface area contributed by atoms with Gasteiger partial charge in [0.05, 0.1) is 18.6 Å². The summed E-state index contributed by atoms with van der Waals surface area (Å²) in [5.74, 6) is -0.392. The molecule has 1 aromatic carbocycles. The fraction of sp³-hybridized carbons (Fsp3) is 0.600. The van der Waals surface area contributed by atoms with Gasteiger partial charge in [0.25, 0.3) is 0 Å². The van der Waals surface area contributed by atoms with E-state index in [0.717, 1.165) is 55.4 Å². The minimum absolute atomic E-state index is 0.172. The van der Waals surface area contributed by atoms with Crippen molar-refractivity contribution in [3.8, 4) is 0 Å². The molecule has 4 nitrogen and oxygen atoms in total. The maximum absolute atomic E-state index is 13.1. The van der Waals surface area contributed by atoms with Gasteiger partial charge < -0.3 is 9.84 Å². The van der Waals surface area contributed by atoms with Gasteiger partial charge >= 0.3 is 18.1 Å². The number of fused-ring (bicyclic) bond motifs is 5. The minimum Gasteiger partial charge on any atom is -0.481 e. The van der Waals surface area contributed by atoms with Gasteiger partial charge in [0, 0.05) is 5.57 Å². The number of hydrogen-bond donors (Lipinski definition) is 1. The maximum Gasteiger partial charge on any atom is 0.416 e. The second-order valence-electron chi connectivity index (χ2n) is 12.1. The van der Waals surface area contributed by atoms with E-state index in [0.29, 0.717) is 36.2 Å². The van der Waals surface area contributed by atoms with E-state index < -0.39 is 23.7 Å². The van der Waals surface area contributed by atoms with Gasteiger partial charge in [-0.2, -0.15) is 13.2 Å². The topological polar surface area (TPSA) is 63.6 Å². The van der Waals surface area contributed by atoms with E-state index in [1.54, 1.807) is 0 Å². The summed E-state index contributed by atoms with van der Waals surface area (Å²) < 4.78 is 44.3. The van der Waals surface area contributed by atoms with Crippen molar-refractivity contribution in [1.82, 2.24) is 0 Å². The van der Waals surface area contributed by atoms with Gasteiger partial charge in [-0.15, -0.1) is 0 Å². The van der Waals surface area contributed by atoms with E-state index in [9.17, 15) is 27.9 Å². The first-order valence-electron chi connectivity index (χ1n) is 13.3. The van der Waals surface area contributed by atoms with E-state index in [-0.39, 0.29) is 22.7 Å². The highest BCUT2D eigenvalue weighted by atomic mass is 19.4. The number of carbonyl (C=O) groups is 2. The fourth-order valence-corrected chi connectivity index (χ4v) is 8.56. The summed E-state index contributed by atoms with van der Waals surface area (Å²) in [7, 11) is 1.36. The van der Waals surface area contributed by atoms with Crippen LogP contribution in [0.1, 0.15) is 63.5 Å². The lowest BCUT2D eigenvalue weighted by atomic mass is 9.47. The van der Waals surface area contributed by atoms with Crippen LogP contribution in [-0.2, 0) is 26.9 Å². The van der Waals surface area contributed by atoms with Gasteiger partial charge in [-0.3, -0.25) is 4.79 Å². The third-order valence-electron chi connectivity index (χ3n) is 10.4. The molecule has 1 aromatic rings. The zero-order valence-electron chi connectivity index (χ0n) is 21.6. The van der Waals surface area contributed by atoms with Crippen LogP contribution in [0.2, 0.25) is 0 Å². The molecule has 0 heterocycles. The van der Waals surface area contributed by atoms with Crippen LogP contribution >= 0.6 is 0 Å². The molecule has 0 amide bonds. The number of methoxy groups -OCH3 is 1. The molecule has 0 saturated heterocycles. The SMILES string of the molecule is COC(=O)C1=CC2=CC[C@H]3[C@@H]4CC[C@H](C(=O)O)[C@@]4(C)CC[C@@H]3[C@@]2(C)C[C@H]1Cc1ccc(C(F)(F)F)cc1. The Labute approximate surface area is 216 Å². The molecule has 0 unspecified atom stereocenters. The number of esters is 1. The normalized spacial score (nSPS) is 37.0. The van der Waals surface area contributed by atoms with Crippen molar-refractivity contribution in [3.63, 3.8) is 0 Å². The number of carboxylic acids is 1. The molecule has 2 fully saturated rings. The molecule has 4 aliphatic rings. The standard InChI is InChI=1S/C30H35F3O4/c1-28-13-12-24-21(23(28)10-11-25(28)26(34)35)9-8-20-15-22(27(36)37-3)18(16-29(20,24)2)14-17-4-6-19(7-5-17)30(31,32)33/h4-8,15,18,21,23-25H,9-14,16H2,1-3H3,(H,34,35)/t18-,21+,23+,24+,25-,28+,29+/m1/s1. The molecule has 37 heavy (non-hydrogen) atoms. The third-order valence-corrected chi connectivity index (χ3v) is 10.4. The Hall–Kier alpha value is -2.57. The second kappa shape index (κ2) is 9.02. The van der Waals surface area contributed by atoms with Crippen molar-refractivity contribution in [2.24, 2.45) is 40.4 Å². The molecule has 7 atom stereocenters. The average molecular weight is 517 g/mol. The summed E-state index contributed by atoms with van der Waals surface area (Å²) in [5.41, 5.74) is 1.44. The fourth-order valence-electron chi connectivity index (χ4n) is 8.56. The first-order valence-corrected chi connectivity index (χ1v) is 13.3. The lowest BCUT2D eigenvalue weighted by Gasteiger charge is -2.57. The molecule has 0 spiro atoms. The Morgan fingerprint density at radius 2 is 1.78 bits per heavy atom. The molecule has 0 aromatic heterocycles. The van der Waals surface area contributed by atoms with Gasteiger partial charge in [-0.25, -0.2) is 4.79 Å². The molecule has 200 valence electrons. The van der Waals surface area contributed by atoms with Gasteiger partial charge in [0.15, 0.2) is 0 Å². The van der Waals surface area contributed by atoms with Crippen molar-refractivity contribution in [1.29, 1.82) is 0 Å². The Balaban J connectivity index is 1.46. The number of benzene rings is 1. The smallest absolute Gasteiger partial charge is 0.416 e. The Morgan fingerprint density at radius 3 is 2.41 bits per heavy atom.